The number of carbonyl (C=O) groups is 1. The molecule has 1 N–H and O–H groups in total. The molecule has 0 bridgehead atoms. The maximum absolute atomic E-state index is 12.9. The van der Waals surface area contributed by atoms with Gasteiger partial charge in [-0.1, -0.05) is 0 Å². The molecule has 5 nitrogen and oxygen atoms in total. The third-order valence-corrected chi connectivity index (χ3v) is 3.21. The molecule has 0 spiro atoms. The standard InChI is InChI=1S/C18H13FN2O3/c19-13-3-7-16(8-4-13)24-15-5-1-12(2-6-15)18-20-10-9-14(21-18)11-17(22)23/h1-10H,11H2,(H,22,23). The minimum Gasteiger partial charge on any atom is -0.481 e. The minimum absolute atomic E-state index is 0.152. The van der Waals surface area contributed by atoms with E-state index >= 15 is 0 Å². The van der Waals surface area contributed by atoms with Gasteiger partial charge in [-0.3, -0.25) is 4.79 Å². The lowest BCUT2D eigenvalue weighted by Gasteiger charge is -2.07. The van der Waals surface area contributed by atoms with Crippen molar-refractivity contribution in [3.63, 3.8) is 0 Å². The number of nitrogens with zero attached hydrogens (tertiary/aromatic N) is 2. The Balaban J connectivity index is 1.76. The van der Waals surface area contributed by atoms with Crippen LogP contribution >= 0.6 is 0 Å². The molecule has 6 heteroatoms. The monoisotopic (exact) mass is 324 g/mol. The smallest absolute Gasteiger partial charge is 0.309 e. The molecule has 3 aromatic rings. The molecule has 24 heavy (non-hydrogen) atoms. The summed E-state index contributed by atoms with van der Waals surface area (Å²) in [6.45, 7) is 0. The third-order valence-electron chi connectivity index (χ3n) is 3.21. The van der Waals surface area contributed by atoms with Gasteiger partial charge >= 0.3 is 5.97 Å². The van der Waals surface area contributed by atoms with Crippen LogP contribution in [0.4, 0.5) is 4.39 Å². The molecule has 0 unspecified atom stereocenters. The van der Waals surface area contributed by atoms with Crippen LogP contribution in [0.25, 0.3) is 11.4 Å². The van der Waals surface area contributed by atoms with Crippen LogP contribution in [0.1, 0.15) is 5.69 Å². The van der Waals surface area contributed by atoms with Crippen molar-refractivity contribution in [2.45, 2.75) is 6.42 Å². The van der Waals surface area contributed by atoms with E-state index in [-0.39, 0.29) is 12.2 Å². The van der Waals surface area contributed by atoms with Gasteiger partial charge in [0.2, 0.25) is 0 Å². The van der Waals surface area contributed by atoms with Gasteiger partial charge in [0.1, 0.15) is 17.3 Å². The van der Waals surface area contributed by atoms with Crippen LogP contribution in [0.5, 0.6) is 11.5 Å². The summed E-state index contributed by atoms with van der Waals surface area (Å²) in [5, 5.41) is 8.82. The first-order chi connectivity index (χ1) is 11.6. The number of aromatic nitrogens is 2. The topological polar surface area (TPSA) is 72.3 Å². The normalized spacial score (nSPS) is 10.4. The van der Waals surface area contributed by atoms with Crippen LogP contribution in [0.2, 0.25) is 0 Å². The molecule has 0 aliphatic carbocycles. The first-order valence-corrected chi connectivity index (χ1v) is 7.18. The van der Waals surface area contributed by atoms with E-state index in [2.05, 4.69) is 9.97 Å². The van der Waals surface area contributed by atoms with Gasteiger partial charge in [0, 0.05) is 11.8 Å². The number of hydrogen-bond donors (Lipinski definition) is 1. The zero-order valence-corrected chi connectivity index (χ0v) is 12.5. The summed E-state index contributed by atoms with van der Waals surface area (Å²) in [6, 6.07) is 14.3. The van der Waals surface area contributed by atoms with Crippen molar-refractivity contribution in [2.24, 2.45) is 0 Å². The average Bonchev–Trinajstić information content (AvgIpc) is 2.57. The Morgan fingerprint density at radius 1 is 1.00 bits per heavy atom. The molecule has 2 aromatic carbocycles. The number of hydrogen-bond acceptors (Lipinski definition) is 4. The predicted molar refractivity (Wildman–Crippen MR) is 85.3 cm³/mol. The fraction of sp³-hybridized carbons (Fsp3) is 0.0556. The van der Waals surface area contributed by atoms with Crippen molar-refractivity contribution in [1.82, 2.24) is 9.97 Å². The molecule has 0 atom stereocenters. The molecule has 0 saturated heterocycles. The predicted octanol–water partition coefficient (Wildman–Crippen LogP) is 3.70. The zero-order chi connectivity index (χ0) is 16.9. The van der Waals surface area contributed by atoms with E-state index in [1.54, 1.807) is 42.5 Å². The summed E-state index contributed by atoms with van der Waals surface area (Å²) in [5.41, 5.74) is 1.19. The molecule has 120 valence electrons. The van der Waals surface area contributed by atoms with Crippen LogP contribution in [-0.2, 0) is 11.2 Å². The van der Waals surface area contributed by atoms with Gasteiger partial charge in [-0.05, 0) is 54.6 Å². The Labute approximate surface area is 137 Å². The average molecular weight is 324 g/mol. The molecule has 1 aromatic heterocycles. The minimum atomic E-state index is -0.942. The third kappa shape index (κ3) is 3.92. The molecular formula is C18H13FN2O3. The van der Waals surface area contributed by atoms with Gasteiger partial charge in [0.05, 0.1) is 12.1 Å². The van der Waals surface area contributed by atoms with Crippen LogP contribution in [-0.4, -0.2) is 21.0 Å². The Hall–Kier alpha value is -3.28. The van der Waals surface area contributed by atoms with E-state index in [1.807, 2.05) is 0 Å². The van der Waals surface area contributed by atoms with Crippen molar-refractivity contribution in [3.05, 3.63) is 72.3 Å². The number of benzene rings is 2. The Bertz CT molecular complexity index is 849. The number of rotatable bonds is 5. The van der Waals surface area contributed by atoms with Gasteiger partial charge in [-0.25, -0.2) is 14.4 Å². The lowest BCUT2D eigenvalue weighted by molar-refractivity contribution is -0.136. The molecule has 0 aliphatic rings. The fourth-order valence-corrected chi connectivity index (χ4v) is 2.10. The molecule has 0 radical (unpaired) electrons. The number of aliphatic carboxylic acids is 1. The van der Waals surface area contributed by atoms with Crippen LogP contribution in [0.3, 0.4) is 0 Å². The molecular weight excluding hydrogens is 311 g/mol. The molecule has 3 rings (SSSR count). The van der Waals surface area contributed by atoms with Crippen molar-refractivity contribution in [2.75, 3.05) is 0 Å². The maximum atomic E-state index is 12.9. The zero-order valence-electron chi connectivity index (χ0n) is 12.5. The van der Waals surface area contributed by atoms with Crippen molar-refractivity contribution < 1.29 is 19.0 Å². The number of carboxylic acids is 1. The summed E-state index contributed by atoms with van der Waals surface area (Å²) in [6.07, 6.45) is 1.38. The first kappa shape index (κ1) is 15.6. The SMILES string of the molecule is O=C(O)Cc1ccnc(-c2ccc(Oc3ccc(F)cc3)cc2)n1. The maximum Gasteiger partial charge on any atom is 0.309 e. The van der Waals surface area contributed by atoms with Crippen molar-refractivity contribution >= 4 is 5.97 Å². The highest BCUT2D eigenvalue weighted by atomic mass is 19.1. The largest absolute Gasteiger partial charge is 0.481 e. The number of ether oxygens (including phenoxy) is 1. The molecule has 0 saturated carbocycles. The van der Waals surface area contributed by atoms with Crippen molar-refractivity contribution in [1.29, 1.82) is 0 Å². The van der Waals surface area contributed by atoms with E-state index in [0.717, 1.165) is 5.56 Å². The second-order valence-corrected chi connectivity index (χ2v) is 5.02. The van der Waals surface area contributed by atoms with Gasteiger partial charge in [-0.15, -0.1) is 0 Å². The highest BCUT2D eigenvalue weighted by molar-refractivity contribution is 5.69. The van der Waals surface area contributed by atoms with E-state index in [1.165, 1.54) is 18.3 Å². The Morgan fingerprint density at radius 3 is 2.25 bits per heavy atom. The van der Waals surface area contributed by atoms with Crippen molar-refractivity contribution in [3.8, 4) is 22.9 Å². The van der Waals surface area contributed by atoms with E-state index in [4.69, 9.17) is 9.84 Å². The van der Waals surface area contributed by atoms with Crippen LogP contribution in [0.15, 0.2) is 60.8 Å². The Morgan fingerprint density at radius 2 is 1.62 bits per heavy atom. The second kappa shape index (κ2) is 6.87. The van der Waals surface area contributed by atoms with E-state index < -0.39 is 5.97 Å². The lowest BCUT2D eigenvalue weighted by atomic mass is 10.2. The van der Waals surface area contributed by atoms with Gasteiger partial charge in [0.25, 0.3) is 0 Å². The first-order valence-electron chi connectivity index (χ1n) is 7.18. The van der Waals surface area contributed by atoms with E-state index in [9.17, 15) is 9.18 Å². The van der Waals surface area contributed by atoms with Gasteiger partial charge in [0.15, 0.2) is 5.82 Å². The highest BCUT2D eigenvalue weighted by Gasteiger charge is 2.06. The molecule has 0 fully saturated rings. The molecule has 0 amide bonds. The summed E-state index contributed by atoms with van der Waals surface area (Å²) in [4.78, 5) is 19.1. The summed E-state index contributed by atoms with van der Waals surface area (Å²) in [7, 11) is 0. The highest BCUT2D eigenvalue weighted by Crippen LogP contribution is 2.24. The van der Waals surface area contributed by atoms with Crippen LogP contribution < -0.4 is 4.74 Å². The van der Waals surface area contributed by atoms with Gasteiger partial charge in [-0.2, -0.15) is 0 Å². The molecule has 1 heterocycles. The number of halogens is 1. The Kier molecular flexibility index (Phi) is 4.47. The summed E-state index contributed by atoms with van der Waals surface area (Å²) < 4.78 is 18.5. The summed E-state index contributed by atoms with van der Waals surface area (Å²) in [5.74, 6) is 0.303. The fourth-order valence-electron chi connectivity index (χ4n) is 2.10. The lowest BCUT2D eigenvalue weighted by Crippen LogP contribution is -2.03. The van der Waals surface area contributed by atoms with Gasteiger partial charge < -0.3 is 9.84 Å². The number of carboxylic acid groups (broad SMARTS) is 1. The van der Waals surface area contributed by atoms with E-state index in [0.29, 0.717) is 23.0 Å². The second-order valence-electron chi connectivity index (χ2n) is 5.02. The van der Waals surface area contributed by atoms with Crippen LogP contribution in [0, 0.1) is 5.82 Å². The summed E-state index contributed by atoms with van der Waals surface area (Å²) >= 11 is 0. The quantitative estimate of drug-likeness (QED) is 0.774. The molecule has 0 aliphatic heterocycles.